The first kappa shape index (κ1) is 14.0. The summed E-state index contributed by atoms with van der Waals surface area (Å²) < 4.78 is 25.4. The van der Waals surface area contributed by atoms with Gasteiger partial charge in [-0.15, -0.1) is 12.3 Å². The maximum atomic E-state index is 11.7. The number of unbranched alkanes of at least 4 members (excludes halogenated alkanes) is 1. The quantitative estimate of drug-likeness (QED) is 0.493. The molecular formula is C14H14ClNO2S. The lowest BCUT2D eigenvalue weighted by atomic mass is 10.2. The Hall–Kier alpha value is -1.44. The van der Waals surface area contributed by atoms with Crippen molar-refractivity contribution in [1.82, 2.24) is 4.57 Å². The van der Waals surface area contributed by atoms with Crippen molar-refractivity contribution in [1.29, 1.82) is 0 Å². The molecule has 3 nitrogen and oxygen atoms in total. The van der Waals surface area contributed by atoms with E-state index in [9.17, 15) is 8.42 Å². The molecule has 1 aromatic carbocycles. The summed E-state index contributed by atoms with van der Waals surface area (Å²) in [7, 11) is 1.79. The zero-order valence-corrected chi connectivity index (χ0v) is 12.1. The molecule has 0 bridgehead atoms. The van der Waals surface area contributed by atoms with Crippen LogP contribution < -0.4 is 0 Å². The van der Waals surface area contributed by atoms with Crippen molar-refractivity contribution in [3.63, 3.8) is 0 Å². The molecule has 1 heterocycles. The maximum Gasteiger partial charge on any atom is 0.263 e. The Morgan fingerprint density at radius 1 is 1.37 bits per heavy atom. The minimum atomic E-state index is -3.76. The Labute approximate surface area is 117 Å². The SMILES string of the molecule is C#CCCCn1c(C)c(S(=O)(=O)Cl)c2ccccc21. The number of fused-ring (bicyclic) bond motifs is 1. The molecule has 0 aliphatic carbocycles. The molecule has 0 aliphatic heterocycles. The predicted octanol–water partition coefficient (Wildman–Crippen LogP) is 3.29. The van der Waals surface area contributed by atoms with Crippen LogP contribution in [0, 0.1) is 19.3 Å². The predicted molar refractivity (Wildman–Crippen MR) is 77.8 cm³/mol. The molecule has 5 heteroatoms. The normalized spacial score (nSPS) is 11.6. The highest BCUT2D eigenvalue weighted by molar-refractivity contribution is 8.14. The Kier molecular flexibility index (Phi) is 3.88. The van der Waals surface area contributed by atoms with Gasteiger partial charge in [0, 0.05) is 40.2 Å². The molecule has 2 rings (SSSR count). The van der Waals surface area contributed by atoms with E-state index in [1.54, 1.807) is 19.1 Å². The van der Waals surface area contributed by atoms with Crippen molar-refractivity contribution in [2.24, 2.45) is 0 Å². The van der Waals surface area contributed by atoms with E-state index in [-0.39, 0.29) is 4.90 Å². The number of halogens is 1. The van der Waals surface area contributed by atoms with Crippen LogP contribution in [0.25, 0.3) is 10.9 Å². The molecule has 0 aliphatic rings. The second-order valence-electron chi connectivity index (χ2n) is 4.33. The van der Waals surface area contributed by atoms with Gasteiger partial charge in [0.2, 0.25) is 0 Å². The van der Waals surface area contributed by atoms with Crippen molar-refractivity contribution in [2.75, 3.05) is 0 Å². The third kappa shape index (κ3) is 2.63. The smallest absolute Gasteiger partial charge is 0.263 e. The van der Waals surface area contributed by atoms with Gasteiger partial charge in [0.1, 0.15) is 4.90 Å². The molecule has 19 heavy (non-hydrogen) atoms. The standard InChI is InChI=1S/C14H14ClNO2S/c1-3-4-7-10-16-11(2)14(19(15,17)18)12-8-5-6-9-13(12)16/h1,5-6,8-9H,4,7,10H2,2H3. The number of aromatic nitrogens is 1. The van der Waals surface area contributed by atoms with Crippen molar-refractivity contribution in [2.45, 2.75) is 31.2 Å². The fourth-order valence-corrected chi connectivity index (χ4v) is 3.82. The fraction of sp³-hybridized carbons (Fsp3) is 0.286. The van der Waals surface area contributed by atoms with E-state index in [0.29, 0.717) is 24.0 Å². The summed E-state index contributed by atoms with van der Waals surface area (Å²) in [6.07, 6.45) is 6.71. The highest BCUT2D eigenvalue weighted by atomic mass is 35.7. The van der Waals surface area contributed by atoms with Gasteiger partial charge < -0.3 is 4.57 Å². The van der Waals surface area contributed by atoms with Gasteiger partial charge in [-0.05, 0) is 19.4 Å². The summed E-state index contributed by atoms with van der Waals surface area (Å²) >= 11 is 0. The van der Waals surface area contributed by atoms with Crippen molar-refractivity contribution >= 4 is 30.6 Å². The Bertz CT molecular complexity index is 754. The summed E-state index contributed by atoms with van der Waals surface area (Å²) in [4.78, 5) is 0.200. The van der Waals surface area contributed by atoms with Gasteiger partial charge in [0.05, 0.1) is 0 Å². The van der Waals surface area contributed by atoms with E-state index >= 15 is 0 Å². The van der Waals surface area contributed by atoms with Crippen LogP contribution in [0.4, 0.5) is 0 Å². The maximum absolute atomic E-state index is 11.7. The highest BCUT2D eigenvalue weighted by Crippen LogP contribution is 2.32. The molecule has 0 radical (unpaired) electrons. The molecule has 100 valence electrons. The Morgan fingerprint density at radius 2 is 2.05 bits per heavy atom. The van der Waals surface area contributed by atoms with Crippen molar-refractivity contribution in [3.8, 4) is 12.3 Å². The van der Waals surface area contributed by atoms with E-state index in [0.717, 1.165) is 11.9 Å². The molecular weight excluding hydrogens is 282 g/mol. The van der Waals surface area contributed by atoms with Gasteiger partial charge in [0.15, 0.2) is 0 Å². The van der Waals surface area contributed by atoms with Crippen LogP contribution in [0.1, 0.15) is 18.5 Å². The largest absolute Gasteiger partial charge is 0.343 e. The van der Waals surface area contributed by atoms with Crippen LogP contribution in [0.5, 0.6) is 0 Å². The lowest BCUT2D eigenvalue weighted by Gasteiger charge is -2.06. The van der Waals surface area contributed by atoms with Gasteiger partial charge in [-0.25, -0.2) is 8.42 Å². The zero-order chi connectivity index (χ0) is 14.0. The molecule has 0 amide bonds. The number of nitrogens with zero attached hydrogens (tertiary/aromatic N) is 1. The molecule has 0 fully saturated rings. The fourth-order valence-electron chi connectivity index (χ4n) is 2.33. The second kappa shape index (κ2) is 5.28. The summed E-state index contributed by atoms with van der Waals surface area (Å²) in [6, 6.07) is 7.35. The van der Waals surface area contributed by atoms with Gasteiger partial charge in [-0.3, -0.25) is 0 Å². The van der Waals surface area contributed by atoms with E-state index in [1.807, 2.05) is 16.7 Å². The Morgan fingerprint density at radius 3 is 2.68 bits per heavy atom. The van der Waals surface area contributed by atoms with Crippen LogP contribution in [0.15, 0.2) is 29.2 Å². The molecule has 0 unspecified atom stereocenters. The van der Waals surface area contributed by atoms with Crippen LogP contribution in [-0.4, -0.2) is 13.0 Å². The number of terminal acetylenes is 1. The van der Waals surface area contributed by atoms with E-state index in [1.165, 1.54) is 0 Å². The van der Waals surface area contributed by atoms with Gasteiger partial charge >= 0.3 is 0 Å². The zero-order valence-electron chi connectivity index (χ0n) is 10.6. The number of aryl methyl sites for hydroxylation is 1. The molecule has 0 N–H and O–H groups in total. The van der Waals surface area contributed by atoms with Crippen molar-refractivity contribution in [3.05, 3.63) is 30.0 Å². The lowest BCUT2D eigenvalue weighted by molar-refractivity contribution is 0.606. The number of para-hydroxylation sites is 1. The third-order valence-electron chi connectivity index (χ3n) is 3.12. The van der Waals surface area contributed by atoms with Crippen molar-refractivity contribution < 1.29 is 8.42 Å². The molecule has 0 saturated heterocycles. The molecule has 0 atom stereocenters. The van der Waals surface area contributed by atoms with Gasteiger partial charge in [-0.2, -0.15) is 0 Å². The minimum absolute atomic E-state index is 0.200. The lowest BCUT2D eigenvalue weighted by Crippen LogP contribution is -2.01. The summed E-state index contributed by atoms with van der Waals surface area (Å²) in [5, 5.41) is 0.663. The van der Waals surface area contributed by atoms with Gasteiger partial charge in [-0.1, -0.05) is 18.2 Å². The van der Waals surface area contributed by atoms with E-state index in [4.69, 9.17) is 17.1 Å². The molecule has 0 spiro atoms. The average Bonchev–Trinajstić information content (AvgIpc) is 2.62. The number of hydrogen-bond acceptors (Lipinski definition) is 2. The molecule has 0 saturated carbocycles. The average molecular weight is 296 g/mol. The number of rotatable bonds is 4. The topological polar surface area (TPSA) is 39.1 Å². The van der Waals surface area contributed by atoms with Crippen LogP contribution in [0.2, 0.25) is 0 Å². The first-order valence-corrected chi connectivity index (χ1v) is 8.23. The second-order valence-corrected chi connectivity index (χ2v) is 6.83. The molecule has 2 aromatic rings. The first-order chi connectivity index (χ1) is 8.96. The van der Waals surface area contributed by atoms with Crippen LogP contribution in [0.3, 0.4) is 0 Å². The van der Waals surface area contributed by atoms with E-state index < -0.39 is 9.05 Å². The monoisotopic (exact) mass is 295 g/mol. The summed E-state index contributed by atoms with van der Waals surface area (Å²) in [5.41, 5.74) is 1.53. The minimum Gasteiger partial charge on any atom is -0.343 e. The number of benzene rings is 1. The highest BCUT2D eigenvalue weighted by Gasteiger charge is 2.22. The summed E-state index contributed by atoms with van der Waals surface area (Å²) in [6.45, 7) is 2.45. The first-order valence-electron chi connectivity index (χ1n) is 5.92. The van der Waals surface area contributed by atoms with Crippen LogP contribution in [-0.2, 0) is 15.6 Å². The molecule has 1 aromatic heterocycles. The summed E-state index contributed by atoms with van der Waals surface area (Å²) in [5.74, 6) is 2.58. The Balaban J connectivity index is 2.65. The van der Waals surface area contributed by atoms with Crippen LogP contribution >= 0.6 is 10.7 Å². The third-order valence-corrected chi connectivity index (χ3v) is 4.59. The number of hydrogen-bond donors (Lipinski definition) is 0. The van der Waals surface area contributed by atoms with E-state index in [2.05, 4.69) is 5.92 Å². The van der Waals surface area contributed by atoms with Gasteiger partial charge in [0.25, 0.3) is 9.05 Å².